The van der Waals surface area contributed by atoms with Gasteiger partial charge < -0.3 is 15.0 Å². The first-order valence-corrected chi connectivity index (χ1v) is 10.7. The molecule has 2 aromatic rings. The molecule has 1 aliphatic rings. The van der Waals surface area contributed by atoms with Gasteiger partial charge in [-0.15, -0.1) is 11.8 Å². The second-order valence-corrected chi connectivity index (χ2v) is 8.24. The Balaban J connectivity index is 1.43. The fourth-order valence-electron chi connectivity index (χ4n) is 3.08. The summed E-state index contributed by atoms with van der Waals surface area (Å²) < 4.78 is 5.44. The SMILES string of the molecule is O=C(CCSc1ccc(Cl)cc1)NCc1ccccc1C[NH+]1CCOCC1. The van der Waals surface area contributed by atoms with Crippen LogP contribution in [0, 0.1) is 0 Å². The minimum atomic E-state index is 0.0880. The van der Waals surface area contributed by atoms with Crippen LogP contribution in [-0.4, -0.2) is 38.0 Å². The Bertz CT molecular complexity index is 733. The third kappa shape index (κ3) is 6.85. The summed E-state index contributed by atoms with van der Waals surface area (Å²) in [4.78, 5) is 14.9. The van der Waals surface area contributed by atoms with Crippen LogP contribution >= 0.6 is 23.4 Å². The van der Waals surface area contributed by atoms with E-state index in [4.69, 9.17) is 16.3 Å². The van der Waals surface area contributed by atoms with Crippen molar-refractivity contribution in [3.63, 3.8) is 0 Å². The fourth-order valence-corrected chi connectivity index (χ4v) is 4.06. The van der Waals surface area contributed by atoms with Crippen molar-refractivity contribution in [1.29, 1.82) is 0 Å². The van der Waals surface area contributed by atoms with Gasteiger partial charge in [0.2, 0.25) is 5.91 Å². The molecule has 1 aliphatic heterocycles. The predicted octanol–water partition coefficient (Wildman–Crippen LogP) is 2.55. The smallest absolute Gasteiger partial charge is 0.221 e. The lowest BCUT2D eigenvalue weighted by Gasteiger charge is -2.24. The van der Waals surface area contributed by atoms with Crippen LogP contribution in [0.4, 0.5) is 0 Å². The highest BCUT2D eigenvalue weighted by Gasteiger charge is 2.16. The maximum Gasteiger partial charge on any atom is 0.221 e. The zero-order chi connectivity index (χ0) is 18.9. The predicted molar refractivity (Wildman–Crippen MR) is 110 cm³/mol. The molecular weight excluding hydrogens is 380 g/mol. The third-order valence-electron chi connectivity index (χ3n) is 4.65. The van der Waals surface area contributed by atoms with Gasteiger partial charge in [0.05, 0.1) is 13.2 Å². The van der Waals surface area contributed by atoms with Gasteiger partial charge >= 0.3 is 0 Å². The highest BCUT2D eigenvalue weighted by Crippen LogP contribution is 2.20. The molecule has 1 saturated heterocycles. The van der Waals surface area contributed by atoms with Gasteiger partial charge in [-0.05, 0) is 29.8 Å². The van der Waals surface area contributed by atoms with E-state index in [9.17, 15) is 4.79 Å². The summed E-state index contributed by atoms with van der Waals surface area (Å²) in [6.45, 7) is 5.33. The fraction of sp³-hybridized carbons (Fsp3) is 0.381. The molecule has 1 amide bonds. The first kappa shape index (κ1) is 20.2. The number of benzene rings is 2. The number of carbonyl (C=O) groups is 1. The van der Waals surface area contributed by atoms with Crippen LogP contribution in [0.2, 0.25) is 5.02 Å². The van der Waals surface area contributed by atoms with Gasteiger partial charge in [-0.2, -0.15) is 0 Å². The van der Waals surface area contributed by atoms with E-state index in [0.29, 0.717) is 13.0 Å². The molecule has 0 aromatic heterocycles. The van der Waals surface area contributed by atoms with E-state index < -0.39 is 0 Å². The lowest BCUT2D eigenvalue weighted by molar-refractivity contribution is -0.921. The number of hydrogen-bond acceptors (Lipinski definition) is 3. The van der Waals surface area contributed by atoms with E-state index in [1.165, 1.54) is 11.1 Å². The van der Waals surface area contributed by atoms with E-state index in [1.54, 1.807) is 16.7 Å². The molecule has 0 spiro atoms. The average molecular weight is 406 g/mol. The number of thioether (sulfide) groups is 1. The minimum absolute atomic E-state index is 0.0880. The molecular formula is C21H26ClN2O2S+. The lowest BCUT2D eigenvalue weighted by Crippen LogP contribution is -3.12. The van der Waals surface area contributed by atoms with Crippen LogP contribution in [0.15, 0.2) is 53.4 Å². The van der Waals surface area contributed by atoms with Crippen molar-refractivity contribution in [1.82, 2.24) is 5.32 Å². The quantitative estimate of drug-likeness (QED) is 0.663. The third-order valence-corrected chi connectivity index (χ3v) is 5.91. The number of amides is 1. The molecule has 27 heavy (non-hydrogen) atoms. The van der Waals surface area contributed by atoms with Gasteiger partial charge in [0.25, 0.3) is 0 Å². The van der Waals surface area contributed by atoms with Crippen molar-refractivity contribution < 1.29 is 14.4 Å². The van der Waals surface area contributed by atoms with Gasteiger partial charge in [-0.25, -0.2) is 0 Å². The Morgan fingerprint density at radius 3 is 2.52 bits per heavy atom. The average Bonchev–Trinajstić information content (AvgIpc) is 2.70. The summed E-state index contributed by atoms with van der Waals surface area (Å²) in [5, 5.41) is 3.80. The van der Waals surface area contributed by atoms with Crippen molar-refractivity contribution >= 4 is 29.3 Å². The molecule has 4 nitrogen and oxygen atoms in total. The molecule has 0 radical (unpaired) electrons. The summed E-state index contributed by atoms with van der Waals surface area (Å²) >= 11 is 7.56. The second-order valence-electron chi connectivity index (χ2n) is 6.64. The Labute approximate surface area is 170 Å². The molecule has 2 N–H and O–H groups in total. The molecule has 0 atom stereocenters. The standard InChI is InChI=1S/C21H25ClN2O2S/c22-19-5-7-20(8-6-19)27-14-9-21(25)23-15-17-3-1-2-4-18(17)16-24-10-12-26-13-11-24/h1-8H,9-16H2,(H,23,25)/p+1. The molecule has 3 rings (SSSR count). The number of morpholine rings is 1. The summed E-state index contributed by atoms with van der Waals surface area (Å²) in [6, 6.07) is 16.1. The molecule has 0 aliphatic carbocycles. The number of ether oxygens (including phenoxy) is 1. The zero-order valence-electron chi connectivity index (χ0n) is 15.4. The largest absolute Gasteiger partial charge is 0.370 e. The van der Waals surface area contributed by atoms with Gasteiger partial charge in [0.15, 0.2) is 0 Å². The highest BCUT2D eigenvalue weighted by molar-refractivity contribution is 7.99. The summed E-state index contributed by atoms with van der Waals surface area (Å²) in [5.74, 6) is 0.845. The van der Waals surface area contributed by atoms with Crippen molar-refractivity contribution in [2.75, 3.05) is 32.1 Å². The molecule has 0 bridgehead atoms. The Morgan fingerprint density at radius 2 is 1.78 bits per heavy atom. The Kier molecular flexibility index (Phi) is 8.02. The van der Waals surface area contributed by atoms with Crippen molar-refractivity contribution in [3.8, 4) is 0 Å². The monoisotopic (exact) mass is 405 g/mol. The van der Waals surface area contributed by atoms with Gasteiger partial charge in [-0.3, -0.25) is 4.79 Å². The first-order chi connectivity index (χ1) is 13.2. The zero-order valence-corrected chi connectivity index (χ0v) is 17.0. The van der Waals surface area contributed by atoms with Crippen molar-refractivity contribution in [2.24, 2.45) is 0 Å². The number of halogens is 1. The number of quaternary nitrogens is 1. The Morgan fingerprint density at radius 1 is 1.07 bits per heavy atom. The summed E-state index contributed by atoms with van der Waals surface area (Å²) in [7, 11) is 0. The van der Waals surface area contributed by atoms with Crippen LogP contribution in [0.3, 0.4) is 0 Å². The van der Waals surface area contributed by atoms with E-state index in [2.05, 4.69) is 23.5 Å². The number of carbonyl (C=O) groups excluding carboxylic acids is 1. The number of hydrogen-bond donors (Lipinski definition) is 2. The molecule has 1 fully saturated rings. The molecule has 144 valence electrons. The maximum atomic E-state index is 12.2. The van der Waals surface area contributed by atoms with Crippen LogP contribution in [0.5, 0.6) is 0 Å². The summed E-state index contributed by atoms with van der Waals surface area (Å²) in [5.41, 5.74) is 2.51. The highest BCUT2D eigenvalue weighted by atomic mass is 35.5. The van der Waals surface area contributed by atoms with Crippen LogP contribution < -0.4 is 10.2 Å². The second kappa shape index (κ2) is 10.7. The van der Waals surface area contributed by atoms with Crippen molar-refractivity contribution in [3.05, 3.63) is 64.7 Å². The molecule has 1 heterocycles. The van der Waals surface area contributed by atoms with E-state index in [0.717, 1.165) is 48.5 Å². The molecule has 0 unspecified atom stereocenters. The molecule has 0 saturated carbocycles. The van der Waals surface area contributed by atoms with E-state index in [-0.39, 0.29) is 5.91 Å². The van der Waals surface area contributed by atoms with Gasteiger partial charge in [0, 0.05) is 34.2 Å². The molecule has 6 heteroatoms. The van der Waals surface area contributed by atoms with E-state index in [1.807, 2.05) is 30.3 Å². The maximum absolute atomic E-state index is 12.2. The van der Waals surface area contributed by atoms with E-state index >= 15 is 0 Å². The van der Waals surface area contributed by atoms with Gasteiger partial charge in [0.1, 0.15) is 19.6 Å². The van der Waals surface area contributed by atoms with Crippen LogP contribution in [0.25, 0.3) is 0 Å². The number of nitrogens with one attached hydrogen (secondary N) is 2. The number of rotatable bonds is 8. The minimum Gasteiger partial charge on any atom is -0.370 e. The lowest BCUT2D eigenvalue weighted by atomic mass is 10.1. The van der Waals surface area contributed by atoms with Crippen LogP contribution in [-0.2, 0) is 22.6 Å². The first-order valence-electron chi connectivity index (χ1n) is 9.34. The molecule has 2 aromatic carbocycles. The topological polar surface area (TPSA) is 42.8 Å². The Hall–Kier alpha value is -1.53. The van der Waals surface area contributed by atoms with Gasteiger partial charge in [-0.1, -0.05) is 35.9 Å². The normalized spacial score (nSPS) is 14.9. The summed E-state index contributed by atoms with van der Waals surface area (Å²) in [6.07, 6.45) is 0.504. The van der Waals surface area contributed by atoms with Crippen LogP contribution in [0.1, 0.15) is 17.5 Å². The van der Waals surface area contributed by atoms with Crippen molar-refractivity contribution in [2.45, 2.75) is 24.4 Å².